The molecule has 3 N–H and O–H groups in total. The number of anilines is 1. The van der Waals surface area contributed by atoms with Crippen molar-refractivity contribution in [2.45, 2.75) is 38.3 Å². The number of ether oxygens (including phenoxy) is 1. The van der Waals surface area contributed by atoms with E-state index >= 15 is 0 Å². The van der Waals surface area contributed by atoms with Gasteiger partial charge in [-0.1, -0.05) is 0 Å². The van der Waals surface area contributed by atoms with Crippen LogP contribution < -0.4 is 26.2 Å². The molecule has 2 aromatic rings. The molecule has 1 atom stereocenters. The highest BCUT2D eigenvalue weighted by Crippen LogP contribution is 2.21. The molecule has 1 aliphatic carbocycles. The van der Waals surface area contributed by atoms with E-state index in [2.05, 4.69) is 10.3 Å². The maximum atomic E-state index is 12.4. The van der Waals surface area contributed by atoms with Crippen LogP contribution in [0.3, 0.4) is 0 Å². The van der Waals surface area contributed by atoms with E-state index in [9.17, 15) is 9.59 Å². The Balaban J connectivity index is 1.75. The van der Waals surface area contributed by atoms with Crippen molar-refractivity contribution in [3.05, 3.63) is 50.7 Å². The van der Waals surface area contributed by atoms with Crippen LogP contribution >= 0.6 is 0 Å². The zero-order chi connectivity index (χ0) is 17.4. The molecule has 1 fully saturated rings. The van der Waals surface area contributed by atoms with Crippen LogP contribution in [-0.4, -0.2) is 29.4 Å². The zero-order valence-electron chi connectivity index (χ0n) is 14.3. The SMILES string of the molecule is COc1ccc(-n2c3c(c(=O)[nH]c2=O)C[NH+](C2CCCC2)CN3)cc1. The summed E-state index contributed by atoms with van der Waals surface area (Å²) in [7, 11) is 1.60. The Kier molecular flexibility index (Phi) is 4.09. The molecular formula is C18H23N4O3+. The monoisotopic (exact) mass is 343 g/mol. The molecule has 0 bridgehead atoms. The summed E-state index contributed by atoms with van der Waals surface area (Å²) >= 11 is 0. The molecule has 7 heteroatoms. The lowest BCUT2D eigenvalue weighted by molar-refractivity contribution is -0.936. The van der Waals surface area contributed by atoms with Crippen molar-refractivity contribution in [1.82, 2.24) is 9.55 Å². The number of H-pyrrole nitrogens is 1. The molecule has 0 amide bonds. The van der Waals surface area contributed by atoms with E-state index in [0.717, 1.165) is 12.4 Å². The maximum absolute atomic E-state index is 12.4. The minimum Gasteiger partial charge on any atom is -0.497 e. The second kappa shape index (κ2) is 6.40. The molecule has 1 aromatic carbocycles. The first-order valence-corrected chi connectivity index (χ1v) is 8.78. The Labute approximate surface area is 145 Å². The van der Waals surface area contributed by atoms with Crippen LogP contribution in [0.1, 0.15) is 31.2 Å². The van der Waals surface area contributed by atoms with E-state index in [1.165, 1.54) is 30.6 Å². The fourth-order valence-electron chi connectivity index (χ4n) is 4.01. The van der Waals surface area contributed by atoms with Gasteiger partial charge in [-0.15, -0.1) is 0 Å². The Morgan fingerprint density at radius 3 is 2.56 bits per heavy atom. The van der Waals surface area contributed by atoms with Gasteiger partial charge in [0.1, 0.15) is 23.7 Å². The number of quaternary nitrogens is 1. The van der Waals surface area contributed by atoms with E-state index in [-0.39, 0.29) is 5.56 Å². The zero-order valence-corrected chi connectivity index (χ0v) is 14.3. The third kappa shape index (κ3) is 2.84. The molecule has 1 aromatic heterocycles. The van der Waals surface area contributed by atoms with E-state index in [0.29, 0.717) is 29.7 Å². The summed E-state index contributed by atoms with van der Waals surface area (Å²) < 4.78 is 6.72. The summed E-state index contributed by atoms with van der Waals surface area (Å²) in [5, 5.41) is 3.34. The molecule has 0 radical (unpaired) electrons. The average Bonchev–Trinajstić information content (AvgIpc) is 3.17. The second-order valence-corrected chi connectivity index (χ2v) is 6.79. The van der Waals surface area contributed by atoms with Gasteiger partial charge < -0.3 is 15.0 Å². The lowest BCUT2D eigenvalue weighted by atomic mass is 10.1. The van der Waals surface area contributed by atoms with Crippen molar-refractivity contribution in [2.24, 2.45) is 0 Å². The maximum Gasteiger partial charge on any atom is 0.334 e. The number of fused-ring (bicyclic) bond motifs is 1. The summed E-state index contributed by atoms with van der Waals surface area (Å²) in [5.74, 6) is 1.33. The Hall–Kier alpha value is -2.54. The summed E-state index contributed by atoms with van der Waals surface area (Å²) in [6.45, 7) is 1.38. The van der Waals surface area contributed by atoms with Gasteiger partial charge in [0.25, 0.3) is 5.56 Å². The van der Waals surface area contributed by atoms with Gasteiger partial charge in [0.05, 0.1) is 18.8 Å². The van der Waals surface area contributed by atoms with Gasteiger partial charge in [-0.25, -0.2) is 9.36 Å². The molecular weight excluding hydrogens is 320 g/mol. The van der Waals surface area contributed by atoms with E-state index in [1.807, 2.05) is 12.1 Å². The van der Waals surface area contributed by atoms with Crippen molar-refractivity contribution >= 4 is 5.82 Å². The van der Waals surface area contributed by atoms with Crippen LogP contribution in [0.25, 0.3) is 5.69 Å². The third-order valence-electron chi connectivity index (χ3n) is 5.36. The number of aromatic amines is 1. The predicted octanol–water partition coefficient (Wildman–Crippen LogP) is 0.245. The van der Waals surface area contributed by atoms with Crippen molar-refractivity contribution in [1.29, 1.82) is 0 Å². The molecule has 132 valence electrons. The summed E-state index contributed by atoms with van der Waals surface area (Å²) in [6.07, 6.45) is 4.95. The van der Waals surface area contributed by atoms with Gasteiger partial charge in [0, 0.05) is 0 Å². The predicted molar refractivity (Wildman–Crippen MR) is 94.6 cm³/mol. The van der Waals surface area contributed by atoms with Crippen molar-refractivity contribution < 1.29 is 9.64 Å². The first-order valence-electron chi connectivity index (χ1n) is 8.78. The minimum atomic E-state index is -0.425. The number of aromatic nitrogens is 2. The van der Waals surface area contributed by atoms with Crippen molar-refractivity contribution in [3.8, 4) is 11.4 Å². The number of benzene rings is 1. The van der Waals surface area contributed by atoms with Crippen LogP contribution in [0.2, 0.25) is 0 Å². The highest BCUT2D eigenvalue weighted by molar-refractivity contribution is 5.51. The Morgan fingerprint density at radius 2 is 1.88 bits per heavy atom. The average molecular weight is 343 g/mol. The molecule has 7 nitrogen and oxygen atoms in total. The smallest absolute Gasteiger partial charge is 0.334 e. The Morgan fingerprint density at radius 1 is 1.16 bits per heavy atom. The standard InChI is InChI=1S/C18H22N4O3/c1-25-14-8-6-13(7-9-14)22-16-15(17(23)20-18(22)24)10-21(11-19-16)12-4-2-3-5-12/h6-9,12,19H,2-5,10-11H2,1H3,(H,20,23,24)/p+1. The van der Waals surface area contributed by atoms with Gasteiger partial charge >= 0.3 is 5.69 Å². The quantitative estimate of drug-likeness (QED) is 0.746. The van der Waals surface area contributed by atoms with E-state index < -0.39 is 5.69 Å². The number of nitrogens with zero attached hydrogens (tertiary/aromatic N) is 1. The molecule has 0 saturated heterocycles. The van der Waals surface area contributed by atoms with E-state index in [4.69, 9.17) is 4.74 Å². The number of hydrogen-bond donors (Lipinski definition) is 3. The normalized spacial score (nSPS) is 20.1. The molecule has 2 aliphatic rings. The molecule has 0 spiro atoms. The van der Waals surface area contributed by atoms with Crippen molar-refractivity contribution in [2.75, 3.05) is 19.1 Å². The molecule has 2 heterocycles. The molecule has 1 saturated carbocycles. The fraction of sp³-hybridized carbons (Fsp3) is 0.444. The lowest BCUT2D eigenvalue weighted by Gasteiger charge is -2.31. The highest BCUT2D eigenvalue weighted by Gasteiger charge is 2.32. The fourth-order valence-corrected chi connectivity index (χ4v) is 4.01. The molecule has 4 rings (SSSR count). The van der Waals surface area contributed by atoms with Gasteiger partial charge in [-0.05, 0) is 49.9 Å². The highest BCUT2D eigenvalue weighted by atomic mass is 16.5. The van der Waals surface area contributed by atoms with Crippen LogP contribution in [0.4, 0.5) is 5.82 Å². The lowest BCUT2D eigenvalue weighted by Crippen LogP contribution is -3.16. The topological polar surface area (TPSA) is 80.6 Å². The third-order valence-corrected chi connectivity index (χ3v) is 5.36. The van der Waals surface area contributed by atoms with Crippen LogP contribution in [0.5, 0.6) is 5.75 Å². The van der Waals surface area contributed by atoms with Crippen LogP contribution in [-0.2, 0) is 6.54 Å². The van der Waals surface area contributed by atoms with Crippen molar-refractivity contribution in [3.63, 3.8) is 0 Å². The number of hydrogen-bond acceptors (Lipinski definition) is 4. The number of nitrogens with one attached hydrogen (secondary N) is 3. The Bertz CT molecular complexity index is 879. The largest absolute Gasteiger partial charge is 0.497 e. The number of rotatable bonds is 3. The molecule has 1 aliphatic heterocycles. The summed E-state index contributed by atoms with van der Waals surface area (Å²) in [4.78, 5) is 28.7. The molecule has 1 unspecified atom stereocenters. The minimum absolute atomic E-state index is 0.285. The summed E-state index contributed by atoms with van der Waals surface area (Å²) in [5.41, 5.74) is 0.650. The van der Waals surface area contributed by atoms with Gasteiger partial charge in [-0.3, -0.25) is 9.78 Å². The number of methoxy groups -OCH3 is 1. The van der Waals surface area contributed by atoms with Gasteiger partial charge in [0.15, 0.2) is 6.67 Å². The first kappa shape index (κ1) is 16.0. The van der Waals surface area contributed by atoms with Crippen LogP contribution in [0.15, 0.2) is 33.9 Å². The summed E-state index contributed by atoms with van der Waals surface area (Å²) in [6, 6.07) is 7.84. The first-order chi connectivity index (χ1) is 12.2. The van der Waals surface area contributed by atoms with E-state index in [1.54, 1.807) is 23.8 Å². The van der Waals surface area contributed by atoms with Gasteiger partial charge in [-0.2, -0.15) is 0 Å². The molecule has 25 heavy (non-hydrogen) atoms. The second-order valence-electron chi connectivity index (χ2n) is 6.79. The van der Waals surface area contributed by atoms with Gasteiger partial charge in [0.2, 0.25) is 0 Å². The van der Waals surface area contributed by atoms with Crippen LogP contribution in [0, 0.1) is 0 Å².